The molecule has 0 aliphatic rings. The Morgan fingerprint density at radius 2 is 1.60 bits per heavy atom. The van der Waals surface area contributed by atoms with Crippen molar-refractivity contribution in [3.05, 3.63) is 114 Å². The van der Waals surface area contributed by atoms with Gasteiger partial charge in [-0.2, -0.15) is 4.98 Å². The van der Waals surface area contributed by atoms with Crippen LogP contribution in [-0.2, 0) is 13.1 Å². The van der Waals surface area contributed by atoms with Crippen molar-refractivity contribution in [1.29, 1.82) is 0 Å². The number of methoxy groups -OCH3 is 1. The Balaban J connectivity index is 1.56. The molecule has 0 bridgehead atoms. The van der Waals surface area contributed by atoms with Gasteiger partial charge < -0.3 is 21.1 Å². The van der Waals surface area contributed by atoms with Crippen LogP contribution < -0.4 is 32.5 Å². The molecule has 4 rings (SSSR count). The summed E-state index contributed by atoms with van der Waals surface area (Å²) in [5.74, 6) is 0.986. The maximum Gasteiger partial charge on any atom is 0.355 e. The minimum atomic E-state index is -0.711. The van der Waals surface area contributed by atoms with Gasteiger partial charge in [-0.15, -0.1) is 0 Å². The monoisotopic (exact) mass is 601 g/mol. The second-order valence-corrected chi connectivity index (χ2v) is 9.85. The molecule has 0 aliphatic heterocycles. The van der Waals surface area contributed by atoms with Crippen LogP contribution in [0.4, 0.5) is 11.6 Å². The van der Waals surface area contributed by atoms with Crippen LogP contribution in [0, 0.1) is 0 Å². The van der Waals surface area contributed by atoms with E-state index in [0.29, 0.717) is 26.4 Å². The molecule has 4 N–H and O–H groups in total. The second-order valence-electron chi connectivity index (χ2n) is 8.60. The number of hydrogen-bond donors (Lipinski definition) is 3. The van der Waals surface area contributed by atoms with Crippen LogP contribution in [0.15, 0.2) is 81.3 Å². The summed E-state index contributed by atoms with van der Waals surface area (Å²) in [6, 6.07) is 19.2. The van der Waals surface area contributed by atoms with Gasteiger partial charge in [0.1, 0.15) is 5.75 Å². The van der Waals surface area contributed by atoms with Crippen LogP contribution in [0.25, 0.3) is 0 Å². The molecule has 0 saturated heterocycles. The predicted molar refractivity (Wildman–Crippen MR) is 160 cm³/mol. The number of rotatable bonds is 10. The van der Waals surface area contributed by atoms with Crippen LogP contribution >= 0.6 is 34.8 Å². The van der Waals surface area contributed by atoms with E-state index in [0.717, 1.165) is 15.8 Å². The van der Waals surface area contributed by atoms with E-state index >= 15 is 0 Å². The van der Waals surface area contributed by atoms with Crippen LogP contribution in [0.5, 0.6) is 5.75 Å². The van der Waals surface area contributed by atoms with Gasteiger partial charge in [0.25, 0.3) is 0 Å². The van der Waals surface area contributed by atoms with Crippen molar-refractivity contribution < 1.29 is 4.74 Å². The lowest BCUT2D eigenvalue weighted by Gasteiger charge is -2.16. The zero-order valence-corrected chi connectivity index (χ0v) is 23.7. The third kappa shape index (κ3) is 7.56. The molecule has 40 heavy (non-hydrogen) atoms. The van der Waals surface area contributed by atoms with Gasteiger partial charge in [-0.25, -0.2) is 14.2 Å². The van der Waals surface area contributed by atoms with Gasteiger partial charge in [0.05, 0.1) is 36.8 Å². The summed E-state index contributed by atoms with van der Waals surface area (Å²) in [6.07, 6.45) is 0. The van der Waals surface area contributed by atoms with Crippen LogP contribution in [-0.4, -0.2) is 40.3 Å². The smallest absolute Gasteiger partial charge is 0.355 e. The van der Waals surface area contributed by atoms with Crippen molar-refractivity contribution in [2.45, 2.75) is 13.1 Å². The number of ether oxygens (including phenoxy) is 1. The molecule has 0 atom stereocenters. The molecule has 208 valence electrons. The van der Waals surface area contributed by atoms with Gasteiger partial charge in [0.15, 0.2) is 5.96 Å². The third-order valence-electron chi connectivity index (χ3n) is 5.77. The quantitative estimate of drug-likeness (QED) is 0.140. The Morgan fingerprint density at radius 3 is 2.27 bits per heavy atom. The molecule has 0 radical (unpaired) electrons. The summed E-state index contributed by atoms with van der Waals surface area (Å²) in [5, 5.41) is 7.31. The zero-order chi connectivity index (χ0) is 28.6. The van der Waals surface area contributed by atoms with E-state index < -0.39 is 11.4 Å². The molecular weight excluding hydrogens is 577 g/mol. The standard InChI is InChI=1S/C27H26Cl3N7O3/c1-40-21-9-2-17(3-10-21)15-36-25(33-13-12-32-24(31)34-20-7-5-19(28)6-8-20)35-26(38)37(27(36)39)16-18-4-11-22(29)23(30)14-18/h2-11,14H,12-13,15-16H2,1H3,(H3,31,32,34)(H,33,35,38). The van der Waals surface area contributed by atoms with Gasteiger partial charge in [-0.05, 0) is 59.7 Å². The zero-order valence-electron chi connectivity index (χ0n) is 21.4. The molecule has 1 aromatic heterocycles. The highest BCUT2D eigenvalue weighted by Gasteiger charge is 2.15. The van der Waals surface area contributed by atoms with Gasteiger partial charge in [0, 0.05) is 17.3 Å². The molecule has 1 heterocycles. The summed E-state index contributed by atoms with van der Waals surface area (Å²) >= 11 is 18.0. The van der Waals surface area contributed by atoms with E-state index in [9.17, 15) is 9.59 Å². The molecule has 0 aliphatic carbocycles. The Labute approximate surface area is 245 Å². The summed E-state index contributed by atoms with van der Waals surface area (Å²) in [7, 11) is 1.57. The first-order valence-electron chi connectivity index (χ1n) is 12.1. The first kappa shape index (κ1) is 29.0. The van der Waals surface area contributed by atoms with E-state index in [1.54, 1.807) is 61.7 Å². The van der Waals surface area contributed by atoms with E-state index in [2.05, 4.69) is 20.6 Å². The number of aliphatic imine (C=N–C) groups is 1. The summed E-state index contributed by atoms with van der Waals surface area (Å²) in [6.45, 7) is 0.635. The topological polar surface area (TPSA) is 129 Å². The molecule has 0 amide bonds. The first-order valence-corrected chi connectivity index (χ1v) is 13.2. The fourth-order valence-electron chi connectivity index (χ4n) is 3.74. The van der Waals surface area contributed by atoms with Crippen molar-refractivity contribution in [3.8, 4) is 5.75 Å². The SMILES string of the molecule is COc1ccc(Cn2c(NCCN=C(N)Nc3ccc(Cl)cc3)nc(=O)n(Cc3ccc(Cl)c(Cl)c3)c2=O)cc1. The maximum absolute atomic E-state index is 13.6. The Bertz CT molecular complexity index is 1620. The number of hydrogen-bond acceptors (Lipinski definition) is 6. The molecule has 4 aromatic rings. The largest absolute Gasteiger partial charge is 0.497 e. The summed E-state index contributed by atoms with van der Waals surface area (Å²) < 4.78 is 7.65. The number of nitrogens with one attached hydrogen (secondary N) is 2. The number of anilines is 2. The predicted octanol–water partition coefficient (Wildman–Crippen LogP) is 4.31. The van der Waals surface area contributed by atoms with Crippen molar-refractivity contribution in [3.63, 3.8) is 0 Å². The Hall–Kier alpha value is -3.99. The van der Waals surface area contributed by atoms with Crippen molar-refractivity contribution in [2.75, 3.05) is 30.8 Å². The molecule has 13 heteroatoms. The summed E-state index contributed by atoms with van der Waals surface area (Å²) in [4.78, 5) is 34.9. The van der Waals surface area contributed by atoms with E-state index in [4.69, 9.17) is 45.3 Å². The minimum absolute atomic E-state index is 0.0261. The maximum atomic E-state index is 13.6. The average molecular weight is 603 g/mol. The van der Waals surface area contributed by atoms with Crippen molar-refractivity contribution in [1.82, 2.24) is 14.1 Å². The highest BCUT2D eigenvalue weighted by Crippen LogP contribution is 2.22. The lowest BCUT2D eigenvalue weighted by atomic mass is 10.2. The average Bonchev–Trinajstić information content (AvgIpc) is 2.94. The molecule has 3 aromatic carbocycles. The highest BCUT2D eigenvalue weighted by atomic mass is 35.5. The number of nitrogens with two attached hydrogens (primary N) is 1. The highest BCUT2D eigenvalue weighted by molar-refractivity contribution is 6.42. The van der Waals surface area contributed by atoms with Crippen molar-refractivity contribution in [2.24, 2.45) is 10.7 Å². The van der Waals surface area contributed by atoms with Gasteiger partial charge in [0.2, 0.25) is 5.95 Å². The molecule has 0 fully saturated rings. The number of halogens is 3. The van der Waals surface area contributed by atoms with Gasteiger partial charge in [-0.1, -0.05) is 53.0 Å². The van der Waals surface area contributed by atoms with Crippen LogP contribution in [0.3, 0.4) is 0 Å². The number of nitrogens with zero attached hydrogens (tertiary/aromatic N) is 4. The fraction of sp³-hybridized carbons (Fsp3) is 0.185. The van der Waals surface area contributed by atoms with E-state index in [-0.39, 0.29) is 38.1 Å². The van der Waals surface area contributed by atoms with Crippen molar-refractivity contribution >= 4 is 52.4 Å². The molecular formula is C27H26Cl3N7O3. The van der Waals surface area contributed by atoms with E-state index in [1.807, 2.05) is 12.1 Å². The number of guanidine groups is 1. The first-order chi connectivity index (χ1) is 19.2. The lowest BCUT2D eigenvalue weighted by molar-refractivity contribution is 0.414. The molecule has 0 unspecified atom stereocenters. The van der Waals surface area contributed by atoms with Crippen LogP contribution in [0.1, 0.15) is 11.1 Å². The van der Waals surface area contributed by atoms with Gasteiger partial charge in [-0.3, -0.25) is 9.56 Å². The molecule has 10 nitrogen and oxygen atoms in total. The minimum Gasteiger partial charge on any atom is -0.497 e. The number of aromatic nitrogens is 3. The lowest BCUT2D eigenvalue weighted by Crippen LogP contribution is -2.43. The third-order valence-corrected chi connectivity index (χ3v) is 6.76. The summed E-state index contributed by atoms with van der Waals surface area (Å²) in [5.41, 5.74) is 6.88. The number of benzene rings is 3. The molecule has 0 spiro atoms. The normalized spacial score (nSPS) is 11.3. The second kappa shape index (κ2) is 13.4. The van der Waals surface area contributed by atoms with Crippen LogP contribution in [0.2, 0.25) is 15.1 Å². The fourth-order valence-corrected chi connectivity index (χ4v) is 4.19. The molecule has 0 saturated carbocycles. The Morgan fingerprint density at radius 1 is 0.925 bits per heavy atom. The van der Waals surface area contributed by atoms with E-state index in [1.165, 1.54) is 4.57 Å². The Kier molecular flexibility index (Phi) is 9.70. The van der Waals surface area contributed by atoms with Gasteiger partial charge >= 0.3 is 11.4 Å².